The van der Waals surface area contributed by atoms with Gasteiger partial charge in [-0.25, -0.2) is 0 Å². The molecular formula is C25H27IO2Si. The van der Waals surface area contributed by atoms with E-state index in [0.29, 0.717) is 0 Å². The Labute approximate surface area is 188 Å². The summed E-state index contributed by atoms with van der Waals surface area (Å²) in [5.41, 5.74) is 1.06. The molecule has 0 radical (unpaired) electrons. The molecule has 29 heavy (non-hydrogen) atoms. The van der Waals surface area contributed by atoms with Gasteiger partial charge in [-0.3, -0.25) is 0 Å². The van der Waals surface area contributed by atoms with Crippen molar-refractivity contribution in [2.75, 3.05) is 7.11 Å². The van der Waals surface area contributed by atoms with Crippen molar-refractivity contribution >= 4 is 47.4 Å². The molecule has 0 amide bonds. The van der Waals surface area contributed by atoms with Crippen LogP contribution in [-0.2, 0) is 0 Å². The molecule has 0 fully saturated rings. The highest BCUT2D eigenvalue weighted by atomic mass is 127. The van der Waals surface area contributed by atoms with E-state index in [0.717, 1.165) is 17.1 Å². The highest BCUT2D eigenvalue weighted by Crippen LogP contribution is 2.38. The molecule has 0 aromatic heterocycles. The van der Waals surface area contributed by atoms with E-state index in [4.69, 9.17) is 9.16 Å². The maximum atomic E-state index is 7.09. The topological polar surface area (TPSA) is 18.5 Å². The van der Waals surface area contributed by atoms with E-state index >= 15 is 0 Å². The Morgan fingerprint density at radius 1 is 0.793 bits per heavy atom. The van der Waals surface area contributed by atoms with E-state index in [1.54, 1.807) is 7.11 Å². The molecule has 0 saturated heterocycles. The second kappa shape index (κ2) is 9.18. The van der Waals surface area contributed by atoms with Crippen LogP contribution in [0.1, 0.15) is 26.3 Å². The Hall–Kier alpha value is -2.05. The van der Waals surface area contributed by atoms with E-state index < -0.39 is 8.32 Å². The third kappa shape index (κ3) is 4.59. The first kappa shape index (κ1) is 21.7. The summed E-state index contributed by atoms with van der Waals surface area (Å²) in [6.07, 6.45) is 2.06. The van der Waals surface area contributed by atoms with Gasteiger partial charge < -0.3 is 9.16 Å². The predicted molar refractivity (Wildman–Crippen MR) is 134 cm³/mol. The van der Waals surface area contributed by atoms with E-state index in [1.165, 1.54) is 10.4 Å². The van der Waals surface area contributed by atoms with E-state index in [9.17, 15) is 0 Å². The summed E-state index contributed by atoms with van der Waals surface area (Å²) < 4.78 is 14.6. The van der Waals surface area contributed by atoms with Gasteiger partial charge in [0.15, 0.2) is 0 Å². The van der Waals surface area contributed by atoms with Crippen molar-refractivity contribution < 1.29 is 9.16 Å². The predicted octanol–water partition coefficient (Wildman–Crippen LogP) is 6.04. The first-order valence-electron chi connectivity index (χ1n) is 9.66. The smallest absolute Gasteiger partial charge is 0.319 e. The van der Waals surface area contributed by atoms with Gasteiger partial charge in [-0.2, -0.15) is 0 Å². The summed E-state index contributed by atoms with van der Waals surface area (Å²) in [5.74, 6) is 1.63. The number of hydrogen-bond acceptors (Lipinski definition) is 2. The zero-order valence-corrected chi connectivity index (χ0v) is 20.5. The molecule has 0 saturated carbocycles. The molecule has 0 bridgehead atoms. The molecule has 3 aromatic rings. The average molecular weight is 514 g/mol. The van der Waals surface area contributed by atoms with Crippen LogP contribution in [0.25, 0.3) is 6.08 Å². The lowest BCUT2D eigenvalue weighted by molar-refractivity contribution is 0.411. The van der Waals surface area contributed by atoms with Crippen molar-refractivity contribution in [1.82, 2.24) is 0 Å². The van der Waals surface area contributed by atoms with Crippen LogP contribution < -0.4 is 19.5 Å². The van der Waals surface area contributed by atoms with Gasteiger partial charge in [0, 0.05) is 6.07 Å². The van der Waals surface area contributed by atoms with Crippen LogP contribution in [0.3, 0.4) is 0 Å². The summed E-state index contributed by atoms with van der Waals surface area (Å²) in [6, 6.07) is 27.5. The molecule has 0 N–H and O–H groups in total. The van der Waals surface area contributed by atoms with Crippen LogP contribution in [0.5, 0.6) is 11.5 Å². The van der Waals surface area contributed by atoms with Gasteiger partial charge in [0.05, 0.1) is 7.11 Å². The Morgan fingerprint density at radius 3 is 1.76 bits per heavy atom. The van der Waals surface area contributed by atoms with Crippen LogP contribution in [-0.4, -0.2) is 15.4 Å². The van der Waals surface area contributed by atoms with Crippen molar-refractivity contribution in [3.8, 4) is 11.5 Å². The molecule has 3 aromatic carbocycles. The summed E-state index contributed by atoms with van der Waals surface area (Å²) in [5, 5.41) is 2.43. The number of ether oxygens (including phenoxy) is 1. The van der Waals surface area contributed by atoms with Gasteiger partial charge in [0.25, 0.3) is 0 Å². The second-order valence-electron chi connectivity index (χ2n) is 8.00. The number of hydrogen-bond donors (Lipinski definition) is 0. The monoisotopic (exact) mass is 514 g/mol. The van der Waals surface area contributed by atoms with Crippen LogP contribution >= 0.6 is 22.6 Å². The molecule has 0 aliphatic carbocycles. The number of methoxy groups -OCH3 is 1. The Balaban J connectivity index is 2.26. The lowest BCUT2D eigenvalue weighted by Crippen LogP contribution is -2.68. The van der Waals surface area contributed by atoms with Crippen molar-refractivity contribution in [2.24, 2.45) is 0 Å². The van der Waals surface area contributed by atoms with Gasteiger partial charge in [0.1, 0.15) is 11.5 Å². The van der Waals surface area contributed by atoms with Crippen LogP contribution in [0, 0.1) is 0 Å². The molecule has 0 heterocycles. The fourth-order valence-electron chi connectivity index (χ4n) is 3.77. The maximum absolute atomic E-state index is 7.09. The highest BCUT2D eigenvalue weighted by Gasteiger charge is 2.52. The molecule has 0 aliphatic rings. The second-order valence-corrected chi connectivity index (χ2v) is 12.9. The van der Waals surface area contributed by atoms with Crippen LogP contribution in [0.2, 0.25) is 5.04 Å². The fraction of sp³-hybridized carbons (Fsp3) is 0.200. The first-order chi connectivity index (χ1) is 13.9. The minimum absolute atomic E-state index is 0.0853. The molecule has 0 spiro atoms. The molecule has 2 nitrogen and oxygen atoms in total. The molecule has 0 unspecified atom stereocenters. The van der Waals surface area contributed by atoms with Gasteiger partial charge in [0.2, 0.25) is 0 Å². The highest BCUT2D eigenvalue weighted by molar-refractivity contribution is 14.1. The minimum atomic E-state index is -2.65. The molecule has 3 rings (SSSR count). The van der Waals surface area contributed by atoms with Gasteiger partial charge in [-0.1, -0.05) is 104 Å². The largest absolute Gasteiger partial charge is 0.534 e. The summed E-state index contributed by atoms with van der Waals surface area (Å²) in [7, 11) is -0.959. The first-order valence-corrected chi connectivity index (χ1v) is 12.8. The fourth-order valence-corrected chi connectivity index (χ4v) is 8.58. The lowest BCUT2D eigenvalue weighted by atomic mass is 10.2. The minimum Gasteiger partial charge on any atom is -0.534 e. The van der Waals surface area contributed by atoms with E-state index in [1.807, 2.05) is 16.2 Å². The summed E-state index contributed by atoms with van der Waals surface area (Å²) in [6.45, 7) is 6.85. The Morgan fingerprint density at radius 2 is 1.31 bits per heavy atom. The SMILES string of the molecule is COc1cc(C=CI)cc(O[Si](c2ccccc2)(c2ccccc2)C(C)(C)C)c1. The third-order valence-corrected chi connectivity index (χ3v) is 10.4. The Kier molecular flexibility index (Phi) is 6.85. The third-order valence-electron chi connectivity index (χ3n) is 5.08. The van der Waals surface area contributed by atoms with Crippen molar-refractivity contribution in [3.63, 3.8) is 0 Å². The van der Waals surface area contributed by atoms with Crippen LogP contribution in [0.15, 0.2) is 82.9 Å². The maximum Gasteiger partial charge on any atom is 0.319 e. The molecule has 0 aliphatic heterocycles. The van der Waals surface area contributed by atoms with Crippen molar-refractivity contribution in [1.29, 1.82) is 0 Å². The molecular weight excluding hydrogens is 487 g/mol. The van der Waals surface area contributed by atoms with Gasteiger partial charge >= 0.3 is 8.32 Å². The lowest BCUT2D eigenvalue weighted by Gasteiger charge is -2.43. The normalized spacial score (nSPS) is 12.2. The number of rotatable bonds is 6. The quantitative estimate of drug-likeness (QED) is 0.295. The zero-order valence-electron chi connectivity index (χ0n) is 17.4. The average Bonchev–Trinajstić information content (AvgIpc) is 2.72. The molecule has 0 atom stereocenters. The summed E-state index contributed by atoms with van der Waals surface area (Å²) >= 11 is 2.23. The standard InChI is InChI=1S/C25H27IO2Si/c1-25(2,3)29(23-11-7-5-8-12-23,24-13-9-6-10-14-24)28-22-18-20(15-16-26)17-21(19-22)27-4/h5-19H,1-4H3. The number of benzene rings is 3. The van der Waals surface area contributed by atoms with Crippen molar-refractivity contribution in [3.05, 3.63) is 88.5 Å². The molecule has 4 heteroatoms. The number of halogens is 1. The molecule has 150 valence electrons. The summed E-state index contributed by atoms with van der Waals surface area (Å²) in [4.78, 5) is 0. The van der Waals surface area contributed by atoms with Crippen molar-refractivity contribution in [2.45, 2.75) is 25.8 Å². The Bertz CT molecular complexity index is 924. The van der Waals surface area contributed by atoms with E-state index in [2.05, 4.69) is 116 Å². The van der Waals surface area contributed by atoms with Crippen LogP contribution in [0.4, 0.5) is 0 Å². The van der Waals surface area contributed by atoms with Gasteiger partial charge in [-0.05, 0) is 43.3 Å². The van der Waals surface area contributed by atoms with E-state index in [-0.39, 0.29) is 5.04 Å². The zero-order chi connectivity index (χ0) is 20.9. The van der Waals surface area contributed by atoms with Gasteiger partial charge in [-0.15, -0.1) is 0 Å².